The number of nitrogens with one attached hydrogen (secondary N) is 1. The maximum absolute atomic E-state index is 12.1. The quantitative estimate of drug-likeness (QED) is 0.887. The van der Waals surface area contributed by atoms with Crippen LogP contribution < -0.4 is 10.2 Å². The summed E-state index contributed by atoms with van der Waals surface area (Å²) < 4.78 is 0. The fourth-order valence-corrected chi connectivity index (χ4v) is 2.95. The Kier molecular flexibility index (Phi) is 5.41. The highest BCUT2D eigenvalue weighted by Crippen LogP contribution is 2.16. The molecule has 1 aromatic carbocycles. The van der Waals surface area contributed by atoms with Crippen molar-refractivity contribution in [1.29, 1.82) is 0 Å². The predicted molar refractivity (Wildman–Crippen MR) is 94.8 cm³/mol. The van der Waals surface area contributed by atoms with Gasteiger partial charge in [-0.25, -0.2) is 9.97 Å². The number of hydrogen-bond acceptors (Lipinski definition) is 4. The Labute approximate surface area is 143 Å². The number of anilines is 1. The molecule has 1 amide bonds. The van der Waals surface area contributed by atoms with Crippen molar-refractivity contribution in [2.75, 3.05) is 18.0 Å². The third-order valence-electron chi connectivity index (χ3n) is 4.23. The summed E-state index contributed by atoms with van der Waals surface area (Å²) in [5.41, 5.74) is 3.00. The summed E-state index contributed by atoms with van der Waals surface area (Å²) in [4.78, 5) is 23.4. The summed E-state index contributed by atoms with van der Waals surface area (Å²) >= 11 is 0. The number of aromatic nitrogens is 2. The van der Waals surface area contributed by atoms with Crippen LogP contribution >= 0.6 is 0 Å². The average molecular weight is 324 g/mol. The lowest BCUT2D eigenvalue weighted by molar-refractivity contribution is -0.121. The van der Waals surface area contributed by atoms with Gasteiger partial charge in [0.1, 0.15) is 0 Å². The van der Waals surface area contributed by atoms with E-state index in [0.29, 0.717) is 13.0 Å². The first-order valence-electron chi connectivity index (χ1n) is 8.61. The van der Waals surface area contributed by atoms with Gasteiger partial charge in [-0.1, -0.05) is 30.3 Å². The largest absolute Gasteiger partial charge is 0.350 e. The van der Waals surface area contributed by atoms with Gasteiger partial charge in [0.25, 0.3) is 0 Å². The van der Waals surface area contributed by atoms with Crippen molar-refractivity contribution in [2.24, 2.45) is 0 Å². The highest BCUT2D eigenvalue weighted by Gasteiger charge is 2.16. The zero-order chi connectivity index (χ0) is 16.8. The molecule has 2 heterocycles. The van der Waals surface area contributed by atoms with Gasteiger partial charge < -0.3 is 10.2 Å². The zero-order valence-electron chi connectivity index (χ0n) is 14.2. The molecule has 0 atom stereocenters. The van der Waals surface area contributed by atoms with E-state index < -0.39 is 0 Å². The SMILES string of the molecule is Cc1cc(CNC(=O)CCc2ccccc2)nc(N2CCCC2)n1. The first kappa shape index (κ1) is 16.4. The number of rotatable bonds is 6. The van der Waals surface area contributed by atoms with Gasteiger partial charge in [0.15, 0.2) is 0 Å². The molecule has 5 heteroatoms. The molecule has 1 aliphatic heterocycles. The molecule has 24 heavy (non-hydrogen) atoms. The van der Waals surface area contributed by atoms with Crippen molar-refractivity contribution in [3.05, 3.63) is 53.3 Å². The van der Waals surface area contributed by atoms with Crippen LogP contribution in [0.15, 0.2) is 36.4 Å². The smallest absolute Gasteiger partial charge is 0.225 e. The molecule has 0 spiro atoms. The molecule has 3 rings (SSSR count). The van der Waals surface area contributed by atoms with Gasteiger partial charge in [0.2, 0.25) is 11.9 Å². The fourth-order valence-electron chi connectivity index (χ4n) is 2.95. The van der Waals surface area contributed by atoms with Gasteiger partial charge in [0, 0.05) is 25.2 Å². The van der Waals surface area contributed by atoms with Crippen molar-refractivity contribution in [1.82, 2.24) is 15.3 Å². The molecule has 0 saturated carbocycles. The molecule has 0 aliphatic carbocycles. The van der Waals surface area contributed by atoms with E-state index >= 15 is 0 Å². The van der Waals surface area contributed by atoms with Crippen LogP contribution in [-0.2, 0) is 17.8 Å². The van der Waals surface area contributed by atoms with Crippen molar-refractivity contribution < 1.29 is 4.79 Å². The first-order valence-corrected chi connectivity index (χ1v) is 8.61. The van der Waals surface area contributed by atoms with Crippen LogP contribution in [0.5, 0.6) is 0 Å². The third kappa shape index (κ3) is 4.54. The summed E-state index contributed by atoms with van der Waals surface area (Å²) in [6.07, 6.45) is 3.65. The number of carbonyl (C=O) groups is 1. The van der Waals surface area contributed by atoms with Crippen LogP contribution in [0, 0.1) is 6.92 Å². The summed E-state index contributed by atoms with van der Waals surface area (Å²) in [6.45, 7) is 4.47. The second-order valence-electron chi connectivity index (χ2n) is 6.26. The molecule has 1 fully saturated rings. The molecule has 126 valence electrons. The number of amides is 1. The lowest BCUT2D eigenvalue weighted by Gasteiger charge is -2.16. The lowest BCUT2D eigenvalue weighted by Crippen LogP contribution is -2.25. The van der Waals surface area contributed by atoms with E-state index in [2.05, 4.69) is 20.2 Å². The van der Waals surface area contributed by atoms with Gasteiger partial charge in [0.05, 0.1) is 12.2 Å². The monoisotopic (exact) mass is 324 g/mol. The fraction of sp³-hybridized carbons (Fsp3) is 0.421. The van der Waals surface area contributed by atoms with Crippen molar-refractivity contribution in [2.45, 2.75) is 39.2 Å². The van der Waals surface area contributed by atoms with Crippen LogP contribution in [0.2, 0.25) is 0 Å². The number of hydrogen-bond donors (Lipinski definition) is 1. The van der Waals surface area contributed by atoms with Crippen molar-refractivity contribution in [3.8, 4) is 0 Å². The molecule has 0 radical (unpaired) electrons. The number of aryl methyl sites for hydroxylation is 2. The molecule has 1 aliphatic rings. The Morgan fingerprint density at radius 1 is 1.17 bits per heavy atom. The highest BCUT2D eigenvalue weighted by atomic mass is 16.1. The molecule has 0 unspecified atom stereocenters. The lowest BCUT2D eigenvalue weighted by atomic mass is 10.1. The van der Waals surface area contributed by atoms with Crippen molar-refractivity contribution in [3.63, 3.8) is 0 Å². The molecular weight excluding hydrogens is 300 g/mol. The molecule has 0 bridgehead atoms. The molecular formula is C19H24N4O. The minimum Gasteiger partial charge on any atom is -0.350 e. The van der Waals surface area contributed by atoms with Crippen LogP contribution in [-0.4, -0.2) is 29.0 Å². The van der Waals surface area contributed by atoms with Crippen LogP contribution in [0.25, 0.3) is 0 Å². The van der Waals surface area contributed by atoms with E-state index in [1.165, 1.54) is 18.4 Å². The Balaban J connectivity index is 1.53. The van der Waals surface area contributed by atoms with E-state index in [9.17, 15) is 4.79 Å². The van der Waals surface area contributed by atoms with E-state index in [-0.39, 0.29) is 5.91 Å². The number of nitrogens with zero attached hydrogens (tertiary/aromatic N) is 3. The second kappa shape index (κ2) is 7.90. The van der Waals surface area contributed by atoms with Gasteiger partial charge in [-0.05, 0) is 37.8 Å². The highest BCUT2D eigenvalue weighted by molar-refractivity contribution is 5.76. The third-order valence-corrected chi connectivity index (χ3v) is 4.23. The van der Waals surface area contributed by atoms with E-state index in [1.54, 1.807) is 0 Å². The first-order chi connectivity index (χ1) is 11.7. The summed E-state index contributed by atoms with van der Waals surface area (Å²) in [5.74, 6) is 0.846. The van der Waals surface area contributed by atoms with E-state index in [4.69, 9.17) is 0 Å². The van der Waals surface area contributed by atoms with Gasteiger partial charge in [-0.15, -0.1) is 0 Å². The van der Waals surface area contributed by atoms with Gasteiger partial charge in [-0.2, -0.15) is 0 Å². The Morgan fingerprint density at radius 2 is 1.92 bits per heavy atom. The topological polar surface area (TPSA) is 58.1 Å². The summed E-state index contributed by atoms with van der Waals surface area (Å²) in [6, 6.07) is 12.0. The molecule has 5 nitrogen and oxygen atoms in total. The predicted octanol–water partition coefficient (Wildman–Crippen LogP) is 2.63. The Hall–Kier alpha value is -2.43. The maximum Gasteiger partial charge on any atom is 0.225 e. The Bertz CT molecular complexity index is 681. The second-order valence-corrected chi connectivity index (χ2v) is 6.26. The number of carbonyl (C=O) groups excluding carboxylic acids is 1. The standard InChI is InChI=1S/C19H24N4O/c1-15-13-17(22-19(21-15)23-11-5-6-12-23)14-20-18(24)10-9-16-7-3-2-4-8-16/h2-4,7-8,13H,5-6,9-12,14H2,1H3,(H,20,24). The summed E-state index contributed by atoms with van der Waals surface area (Å²) in [5, 5.41) is 2.97. The number of benzene rings is 1. The van der Waals surface area contributed by atoms with Gasteiger partial charge >= 0.3 is 0 Å². The van der Waals surface area contributed by atoms with E-state index in [1.807, 2.05) is 43.3 Å². The molecule has 2 aromatic rings. The molecule has 1 N–H and O–H groups in total. The van der Waals surface area contributed by atoms with Crippen molar-refractivity contribution >= 4 is 11.9 Å². The normalized spacial score (nSPS) is 14.0. The summed E-state index contributed by atoms with van der Waals surface area (Å²) in [7, 11) is 0. The Morgan fingerprint density at radius 3 is 2.67 bits per heavy atom. The molecule has 1 aromatic heterocycles. The van der Waals surface area contributed by atoms with Crippen LogP contribution in [0.4, 0.5) is 5.95 Å². The molecule has 1 saturated heterocycles. The van der Waals surface area contributed by atoms with Crippen LogP contribution in [0.3, 0.4) is 0 Å². The minimum atomic E-state index is 0.0536. The average Bonchev–Trinajstić information content (AvgIpc) is 3.13. The maximum atomic E-state index is 12.1. The zero-order valence-corrected chi connectivity index (χ0v) is 14.2. The van der Waals surface area contributed by atoms with Crippen LogP contribution in [0.1, 0.15) is 36.2 Å². The van der Waals surface area contributed by atoms with Gasteiger partial charge in [-0.3, -0.25) is 4.79 Å². The van der Waals surface area contributed by atoms with E-state index in [0.717, 1.165) is 36.8 Å². The minimum absolute atomic E-state index is 0.0536.